The number of aldehydes is 1. The van der Waals surface area contributed by atoms with Gasteiger partial charge in [-0.1, -0.05) is 100 Å². The number of hydrogen-bond acceptors (Lipinski definition) is 4. The summed E-state index contributed by atoms with van der Waals surface area (Å²) in [6.07, 6.45) is 4.23. The average Bonchev–Trinajstić information content (AvgIpc) is 3.93. The summed E-state index contributed by atoms with van der Waals surface area (Å²) in [6.45, 7) is 9.40. The van der Waals surface area contributed by atoms with Gasteiger partial charge in [0.25, 0.3) is 0 Å². The molecule has 248 valence electrons. The molecule has 0 aliphatic heterocycles. The number of nitrogens with zero attached hydrogens (tertiary/aromatic N) is 1. The van der Waals surface area contributed by atoms with Crippen molar-refractivity contribution in [3.63, 3.8) is 0 Å². The first-order valence-electron chi connectivity index (χ1n) is 17.5. The Morgan fingerprint density at radius 1 is 0.490 bits per heavy atom. The first kappa shape index (κ1) is 31.7. The number of rotatable bonds is 7. The van der Waals surface area contributed by atoms with E-state index in [0.29, 0.717) is 0 Å². The Balaban J connectivity index is 1.13. The van der Waals surface area contributed by atoms with E-state index >= 15 is 0 Å². The lowest BCUT2D eigenvalue weighted by Crippen LogP contribution is -2.18. The molecule has 2 aliphatic carbocycles. The van der Waals surface area contributed by atoms with Gasteiger partial charge in [-0.2, -0.15) is 0 Å². The molecular formula is C47H37NOS2. The second kappa shape index (κ2) is 11.9. The number of carbonyl (C=O) groups excluding carboxylic acids is 1. The van der Waals surface area contributed by atoms with E-state index in [0.717, 1.165) is 28.2 Å². The highest BCUT2D eigenvalue weighted by Gasteiger charge is 2.37. The maximum Gasteiger partial charge on any atom is 0.142 e. The van der Waals surface area contributed by atoms with Crippen LogP contribution in [0.25, 0.3) is 48.5 Å². The van der Waals surface area contributed by atoms with Crippen molar-refractivity contribution in [2.75, 3.05) is 4.90 Å². The zero-order valence-corrected chi connectivity index (χ0v) is 30.7. The molecule has 2 aromatic heterocycles. The minimum absolute atomic E-state index is 0.0932. The molecule has 51 heavy (non-hydrogen) atoms. The van der Waals surface area contributed by atoms with Gasteiger partial charge in [0.15, 0.2) is 0 Å². The minimum atomic E-state index is -0.0932. The average molecular weight is 696 g/mol. The van der Waals surface area contributed by atoms with E-state index in [4.69, 9.17) is 0 Å². The predicted molar refractivity (Wildman–Crippen MR) is 218 cm³/mol. The topological polar surface area (TPSA) is 20.3 Å². The maximum absolute atomic E-state index is 10.8. The normalized spacial score (nSPS) is 14.6. The van der Waals surface area contributed by atoms with Crippen LogP contribution in [0.5, 0.6) is 0 Å². The van der Waals surface area contributed by atoms with Crippen LogP contribution in [-0.4, -0.2) is 6.29 Å². The Hall–Kier alpha value is -5.29. The summed E-state index contributed by atoms with van der Waals surface area (Å²) in [5.41, 5.74) is 15.3. The van der Waals surface area contributed by atoms with Crippen molar-refractivity contribution < 1.29 is 4.79 Å². The number of thiophene rings is 2. The van der Waals surface area contributed by atoms with E-state index in [1.807, 2.05) is 6.08 Å². The zero-order chi connectivity index (χ0) is 34.9. The van der Waals surface area contributed by atoms with Crippen molar-refractivity contribution >= 4 is 52.1 Å². The quantitative estimate of drug-likeness (QED) is 0.122. The minimum Gasteiger partial charge on any atom is -0.310 e. The monoisotopic (exact) mass is 695 g/mol. The van der Waals surface area contributed by atoms with Gasteiger partial charge in [0.05, 0.1) is 0 Å². The molecule has 0 saturated heterocycles. The number of allylic oxidation sites excluding steroid dienone is 1. The van der Waals surface area contributed by atoms with E-state index in [1.165, 1.54) is 64.7 Å². The Morgan fingerprint density at radius 2 is 0.980 bits per heavy atom. The summed E-state index contributed by atoms with van der Waals surface area (Å²) in [6, 6.07) is 49.4. The van der Waals surface area contributed by atoms with Crippen molar-refractivity contribution in [3.05, 3.63) is 167 Å². The lowest BCUT2D eigenvalue weighted by atomic mass is 9.82. The molecule has 9 rings (SSSR count). The van der Waals surface area contributed by atoms with Crippen LogP contribution in [0, 0.1) is 0 Å². The van der Waals surface area contributed by atoms with Crippen LogP contribution in [0.15, 0.2) is 140 Å². The number of benzene rings is 5. The lowest BCUT2D eigenvalue weighted by Gasteiger charge is -2.30. The van der Waals surface area contributed by atoms with E-state index in [-0.39, 0.29) is 10.8 Å². The Morgan fingerprint density at radius 3 is 1.57 bits per heavy atom. The Kier molecular flexibility index (Phi) is 7.39. The van der Waals surface area contributed by atoms with Crippen LogP contribution in [-0.2, 0) is 15.6 Å². The summed E-state index contributed by atoms with van der Waals surface area (Å²) in [5.74, 6) is 0. The van der Waals surface area contributed by atoms with Gasteiger partial charge in [0.2, 0.25) is 0 Å². The van der Waals surface area contributed by atoms with E-state index < -0.39 is 0 Å². The van der Waals surface area contributed by atoms with Crippen LogP contribution in [0.1, 0.15) is 54.8 Å². The summed E-state index contributed by atoms with van der Waals surface area (Å²) < 4.78 is 0. The van der Waals surface area contributed by atoms with Gasteiger partial charge < -0.3 is 4.90 Å². The fourth-order valence-corrected chi connectivity index (χ4v) is 10.2. The third-order valence-electron chi connectivity index (χ3n) is 10.9. The smallest absolute Gasteiger partial charge is 0.142 e. The Bertz CT molecular complexity index is 2400. The molecule has 0 fully saturated rings. The molecule has 0 bridgehead atoms. The lowest BCUT2D eigenvalue weighted by molar-refractivity contribution is -0.104. The third kappa shape index (κ3) is 5.08. The molecule has 4 heteroatoms. The van der Waals surface area contributed by atoms with Crippen molar-refractivity contribution in [2.45, 2.75) is 38.5 Å². The van der Waals surface area contributed by atoms with Crippen LogP contribution in [0.3, 0.4) is 0 Å². The molecule has 7 aromatic rings. The first-order chi connectivity index (χ1) is 24.7. The highest BCUT2D eigenvalue weighted by Crippen LogP contribution is 2.53. The second-order valence-electron chi connectivity index (χ2n) is 14.5. The van der Waals surface area contributed by atoms with E-state index in [1.54, 1.807) is 28.7 Å². The number of hydrogen-bond donors (Lipinski definition) is 0. The standard InChI is InChI=1S/C47H37NOS2/c1-46(2)39-13-7-5-11-35(39)37-22-19-32(28-41(37)46)48(33-20-23-38-36-12-6-8-14-40(36)47(3,4)42(38)29-33)31-17-15-30(16-18-31)43-25-26-45(51-43)44-24-21-34(50-44)10-9-27-49/h5-29H,1-4H3/b10-9+. The number of carbonyl (C=O) groups is 1. The van der Waals surface area contributed by atoms with Gasteiger partial charge in [-0.3, -0.25) is 4.79 Å². The fraction of sp³-hybridized carbons (Fsp3) is 0.128. The van der Waals surface area contributed by atoms with Crippen molar-refractivity contribution in [1.82, 2.24) is 0 Å². The summed E-state index contributed by atoms with van der Waals surface area (Å²) >= 11 is 3.50. The fourth-order valence-electron chi connectivity index (χ4n) is 8.22. The Labute approximate surface area is 308 Å². The maximum atomic E-state index is 10.8. The predicted octanol–water partition coefficient (Wildman–Crippen LogP) is 13.4. The highest BCUT2D eigenvalue weighted by molar-refractivity contribution is 7.24. The van der Waals surface area contributed by atoms with E-state index in [9.17, 15) is 4.79 Å². The van der Waals surface area contributed by atoms with Gasteiger partial charge in [-0.15, -0.1) is 22.7 Å². The van der Waals surface area contributed by atoms with Gasteiger partial charge in [0.1, 0.15) is 6.29 Å². The van der Waals surface area contributed by atoms with Crippen LogP contribution in [0.2, 0.25) is 0 Å². The summed E-state index contributed by atoms with van der Waals surface area (Å²) in [5, 5.41) is 0. The molecule has 0 saturated carbocycles. The summed E-state index contributed by atoms with van der Waals surface area (Å²) in [7, 11) is 0. The zero-order valence-electron chi connectivity index (χ0n) is 29.1. The van der Waals surface area contributed by atoms with Gasteiger partial charge in [-0.25, -0.2) is 0 Å². The number of fused-ring (bicyclic) bond motifs is 6. The molecule has 5 aromatic carbocycles. The second-order valence-corrected chi connectivity index (χ2v) is 16.7. The molecule has 0 amide bonds. The van der Waals surface area contributed by atoms with Crippen molar-refractivity contribution in [1.29, 1.82) is 0 Å². The number of anilines is 3. The van der Waals surface area contributed by atoms with E-state index in [2.05, 4.69) is 166 Å². The van der Waals surface area contributed by atoms with Crippen molar-refractivity contribution in [3.8, 4) is 42.4 Å². The largest absolute Gasteiger partial charge is 0.310 e. The molecule has 2 aliphatic rings. The summed E-state index contributed by atoms with van der Waals surface area (Å²) in [4.78, 5) is 18.0. The molecule has 0 unspecified atom stereocenters. The molecule has 0 spiro atoms. The molecule has 2 nitrogen and oxygen atoms in total. The highest BCUT2D eigenvalue weighted by atomic mass is 32.1. The van der Waals surface area contributed by atoms with Gasteiger partial charge in [0, 0.05) is 47.4 Å². The third-order valence-corrected chi connectivity index (χ3v) is 13.3. The van der Waals surface area contributed by atoms with Gasteiger partial charge >= 0.3 is 0 Å². The van der Waals surface area contributed by atoms with Crippen LogP contribution >= 0.6 is 22.7 Å². The molecule has 0 N–H and O–H groups in total. The van der Waals surface area contributed by atoms with Crippen LogP contribution in [0.4, 0.5) is 17.1 Å². The molecular weight excluding hydrogens is 659 g/mol. The molecule has 0 atom stereocenters. The van der Waals surface area contributed by atoms with Crippen molar-refractivity contribution in [2.24, 2.45) is 0 Å². The van der Waals surface area contributed by atoms with Gasteiger partial charge in [-0.05, 0) is 123 Å². The first-order valence-corrected chi connectivity index (χ1v) is 19.1. The molecule has 0 radical (unpaired) electrons. The SMILES string of the molecule is CC1(C)c2ccccc2-c2ccc(N(c3ccc(-c4ccc(-c5ccc(/C=C/C=O)s5)s4)cc3)c3ccc4c(c3)C(C)(C)c3ccccc3-4)cc21. The van der Waals surface area contributed by atoms with Crippen LogP contribution < -0.4 is 4.90 Å². The molecule has 2 heterocycles.